The second-order valence-electron chi connectivity index (χ2n) is 6.64. The summed E-state index contributed by atoms with van der Waals surface area (Å²) in [6.07, 6.45) is 0. The van der Waals surface area contributed by atoms with Crippen LogP contribution < -0.4 is 14.2 Å². The summed E-state index contributed by atoms with van der Waals surface area (Å²) in [7, 11) is 4.83. The van der Waals surface area contributed by atoms with Gasteiger partial charge in [-0.2, -0.15) is 0 Å². The number of rotatable bonds is 7. The van der Waals surface area contributed by atoms with Crippen molar-refractivity contribution < 1.29 is 24.1 Å². The minimum Gasteiger partial charge on any atom is -0.496 e. The van der Waals surface area contributed by atoms with Crippen LogP contribution in [0.4, 0.5) is 0 Å². The topological polar surface area (TPSA) is 68.2 Å². The third kappa shape index (κ3) is 3.85. The van der Waals surface area contributed by atoms with Crippen molar-refractivity contribution in [2.24, 2.45) is 5.92 Å². The van der Waals surface area contributed by atoms with Crippen LogP contribution in [0.2, 0.25) is 0 Å². The molecular weight excluding hydrogens is 346 g/mol. The molecular formula is C21H25NO5. The number of benzene rings is 2. The fourth-order valence-corrected chi connectivity index (χ4v) is 3.87. The molecule has 1 heterocycles. The van der Waals surface area contributed by atoms with Crippen molar-refractivity contribution in [2.75, 3.05) is 34.4 Å². The Balaban J connectivity index is 1.87. The van der Waals surface area contributed by atoms with Crippen LogP contribution in [-0.2, 0) is 11.3 Å². The summed E-state index contributed by atoms with van der Waals surface area (Å²) < 4.78 is 16.3. The molecule has 0 aromatic heterocycles. The van der Waals surface area contributed by atoms with Crippen molar-refractivity contribution in [3.05, 3.63) is 53.6 Å². The number of ether oxygens (including phenoxy) is 3. The van der Waals surface area contributed by atoms with E-state index in [1.54, 1.807) is 21.3 Å². The quantitative estimate of drug-likeness (QED) is 0.807. The monoisotopic (exact) mass is 371 g/mol. The van der Waals surface area contributed by atoms with Crippen molar-refractivity contribution >= 4 is 5.97 Å². The molecule has 2 aromatic rings. The molecule has 1 aliphatic rings. The number of aliphatic carboxylic acids is 1. The largest absolute Gasteiger partial charge is 0.496 e. The van der Waals surface area contributed by atoms with E-state index in [9.17, 15) is 9.90 Å². The van der Waals surface area contributed by atoms with Gasteiger partial charge < -0.3 is 19.3 Å². The first-order chi connectivity index (χ1) is 13.1. The van der Waals surface area contributed by atoms with Gasteiger partial charge in [0.1, 0.15) is 5.75 Å². The highest BCUT2D eigenvalue weighted by atomic mass is 16.5. The molecule has 0 spiro atoms. The molecule has 1 fully saturated rings. The second-order valence-corrected chi connectivity index (χ2v) is 6.64. The first kappa shape index (κ1) is 19.0. The van der Waals surface area contributed by atoms with Crippen LogP contribution in [0.15, 0.2) is 42.5 Å². The predicted octanol–water partition coefficient (Wildman–Crippen LogP) is 3.01. The van der Waals surface area contributed by atoms with Gasteiger partial charge in [0.05, 0.1) is 27.2 Å². The van der Waals surface area contributed by atoms with Crippen molar-refractivity contribution in [2.45, 2.75) is 12.5 Å². The Morgan fingerprint density at radius 2 is 1.70 bits per heavy atom. The summed E-state index contributed by atoms with van der Waals surface area (Å²) in [6, 6.07) is 13.4. The second kappa shape index (κ2) is 8.31. The minimum absolute atomic E-state index is 0.129. The van der Waals surface area contributed by atoms with Gasteiger partial charge in [0.15, 0.2) is 11.5 Å². The molecule has 0 bridgehead atoms. The Morgan fingerprint density at radius 3 is 2.37 bits per heavy atom. The van der Waals surface area contributed by atoms with Gasteiger partial charge in [0.25, 0.3) is 0 Å². The first-order valence-electron chi connectivity index (χ1n) is 8.87. The summed E-state index contributed by atoms with van der Waals surface area (Å²) in [5.41, 5.74) is 1.91. The molecule has 0 radical (unpaired) electrons. The summed E-state index contributed by atoms with van der Waals surface area (Å²) >= 11 is 0. The molecule has 0 aliphatic carbocycles. The maximum absolute atomic E-state index is 11.9. The van der Waals surface area contributed by atoms with Crippen molar-refractivity contribution in [3.8, 4) is 17.2 Å². The normalized spacial score (nSPS) is 19.7. The maximum Gasteiger partial charge on any atom is 0.308 e. The van der Waals surface area contributed by atoms with Crippen molar-refractivity contribution in [1.82, 2.24) is 4.90 Å². The van der Waals surface area contributed by atoms with Crippen LogP contribution >= 0.6 is 0 Å². The minimum atomic E-state index is -0.786. The fraction of sp³-hybridized carbons (Fsp3) is 0.381. The lowest BCUT2D eigenvalue weighted by Gasteiger charge is -2.20. The van der Waals surface area contributed by atoms with E-state index in [-0.39, 0.29) is 5.92 Å². The van der Waals surface area contributed by atoms with E-state index in [0.29, 0.717) is 31.1 Å². The van der Waals surface area contributed by atoms with E-state index < -0.39 is 11.9 Å². The molecule has 6 nitrogen and oxygen atoms in total. The number of likely N-dealkylation sites (tertiary alicyclic amines) is 1. The standard InChI is InChI=1S/C21H25NO5/c1-25-18-9-5-4-8-15(18)16-12-22(13-17(16)21(23)24)11-14-7-6-10-19(26-2)20(14)27-3/h4-10,16-17H,11-13H2,1-3H3,(H,23,24)/t16-,17+/m0/s1. The van der Waals surface area contributed by atoms with Crippen LogP contribution in [0.3, 0.4) is 0 Å². The van der Waals surface area contributed by atoms with Gasteiger partial charge in [-0.1, -0.05) is 30.3 Å². The van der Waals surface area contributed by atoms with Crippen LogP contribution in [-0.4, -0.2) is 50.4 Å². The molecule has 0 unspecified atom stereocenters. The number of hydrogen-bond donors (Lipinski definition) is 1. The number of para-hydroxylation sites is 2. The Labute approximate surface area is 159 Å². The van der Waals surface area contributed by atoms with Crippen LogP contribution in [0.1, 0.15) is 17.0 Å². The molecule has 1 N–H and O–H groups in total. The summed E-state index contributed by atoms with van der Waals surface area (Å²) in [4.78, 5) is 14.0. The lowest BCUT2D eigenvalue weighted by molar-refractivity contribution is -0.141. The summed E-state index contributed by atoms with van der Waals surface area (Å²) in [6.45, 7) is 1.70. The van der Waals surface area contributed by atoms with E-state index >= 15 is 0 Å². The zero-order valence-corrected chi connectivity index (χ0v) is 15.8. The Morgan fingerprint density at radius 1 is 1.00 bits per heavy atom. The molecule has 144 valence electrons. The molecule has 1 aliphatic heterocycles. The van der Waals surface area contributed by atoms with Gasteiger partial charge in [-0.25, -0.2) is 0 Å². The lowest BCUT2D eigenvalue weighted by Crippen LogP contribution is -2.23. The Kier molecular flexibility index (Phi) is 5.86. The van der Waals surface area contributed by atoms with Gasteiger partial charge in [-0.15, -0.1) is 0 Å². The molecule has 6 heteroatoms. The van der Waals surface area contributed by atoms with E-state index in [1.165, 1.54) is 0 Å². The van der Waals surface area contributed by atoms with E-state index in [1.807, 2.05) is 42.5 Å². The van der Waals surface area contributed by atoms with Gasteiger partial charge in [-0.3, -0.25) is 9.69 Å². The Hall–Kier alpha value is -2.73. The molecule has 2 aromatic carbocycles. The summed E-state index contributed by atoms with van der Waals surface area (Å²) in [5, 5.41) is 9.76. The van der Waals surface area contributed by atoms with Gasteiger partial charge in [0, 0.05) is 31.1 Å². The first-order valence-corrected chi connectivity index (χ1v) is 8.87. The highest BCUT2D eigenvalue weighted by Gasteiger charge is 2.39. The average Bonchev–Trinajstić information content (AvgIpc) is 3.11. The zero-order chi connectivity index (χ0) is 19.4. The molecule has 1 saturated heterocycles. The third-order valence-electron chi connectivity index (χ3n) is 5.13. The van der Waals surface area contributed by atoms with E-state index in [2.05, 4.69) is 4.90 Å². The van der Waals surface area contributed by atoms with Gasteiger partial charge >= 0.3 is 5.97 Å². The van der Waals surface area contributed by atoms with E-state index in [0.717, 1.165) is 16.9 Å². The van der Waals surface area contributed by atoms with Crippen molar-refractivity contribution in [3.63, 3.8) is 0 Å². The lowest BCUT2D eigenvalue weighted by atomic mass is 9.88. The maximum atomic E-state index is 11.9. The average molecular weight is 371 g/mol. The van der Waals surface area contributed by atoms with Crippen LogP contribution in [0.5, 0.6) is 17.2 Å². The van der Waals surface area contributed by atoms with E-state index in [4.69, 9.17) is 14.2 Å². The number of carboxylic acid groups (broad SMARTS) is 1. The highest BCUT2D eigenvalue weighted by molar-refractivity contribution is 5.72. The highest BCUT2D eigenvalue weighted by Crippen LogP contribution is 2.39. The fourth-order valence-electron chi connectivity index (χ4n) is 3.87. The van der Waals surface area contributed by atoms with Crippen LogP contribution in [0.25, 0.3) is 0 Å². The number of nitrogens with zero attached hydrogens (tertiary/aromatic N) is 1. The van der Waals surface area contributed by atoms with Crippen molar-refractivity contribution in [1.29, 1.82) is 0 Å². The predicted molar refractivity (Wildman–Crippen MR) is 102 cm³/mol. The molecule has 0 saturated carbocycles. The molecule has 2 atom stereocenters. The number of carboxylic acids is 1. The summed E-state index contributed by atoms with van der Waals surface area (Å²) in [5.74, 6) is 0.687. The van der Waals surface area contributed by atoms with Gasteiger partial charge in [-0.05, 0) is 17.7 Å². The SMILES string of the molecule is COc1ccccc1[C@@H]1CN(Cc2cccc(OC)c2OC)C[C@H]1C(=O)O. The molecule has 0 amide bonds. The number of carbonyl (C=O) groups is 1. The van der Waals surface area contributed by atoms with Crippen LogP contribution in [0, 0.1) is 5.92 Å². The number of methoxy groups -OCH3 is 3. The molecule has 3 rings (SSSR count). The number of hydrogen-bond acceptors (Lipinski definition) is 5. The Bertz CT molecular complexity index is 807. The third-order valence-corrected chi connectivity index (χ3v) is 5.13. The van der Waals surface area contributed by atoms with Gasteiger partial charge in [0.2, 0.25) is 0 Å². The smallest absolute Gasteiger partial charge is 0.308 e. The zero-order valence-electron chi connectivity index (χ0n) is 15.8. The molecule has 27 heavy (non-hydrogen) atoms.